The Morgan fingerprint density at radius 1 is 1.54 bits per heavy atom. The van der Waals surface area contributed by atoms with Gasteiger partial charge in [-0.05, 0) is 0 Å². The standard InChI is InChI=1S/C5H8O3.H2O4S/c1-2-5(7)8-4-3-6;1-5(2,3)4/h2,6H,1,3-4H2;(H2,1,2,3,4)/p-2. The SMILES string of the molecule is C=CC(=O)OCCO.O=S(=O)([O-])[O-]. The molecular formula is C5H8O7S-2. The van der Waals surface area contributed by atoms with Gasteiger partial charge in [0.1, 0.15) is 6.61 Å². The fourth-order valence-electron chi connectivity index (χ4n) is 0.205. The Hall–Kier alpha value is -0.960. The Morgan fingerprint density at radius 3 is 2.15 bits per heavy atom. The largest absolute Gasteiger partial charge is 0.759 e. The molecule has 0 radical (unpaired) electrons. The van der Waals surface area contributed by atoms with Gasteiger partial charge in [0.05, 0.1) is 6.61 Å². The second-order valence-corrected chi connectivity index (χ2v) is 2.32. The lowest BCUT2D eigenvalue weighted by atomic mass is 10.6. The number of ether oxygens (including phenoxy) is 1. The smallest absolute Gasteiger partial charge is 0.330 e. The first kappa shape index (κ1) is 14.6. The summed E-state index contributed by atoms with van der Waals surface area (Å²) in [5.74, 6) is -0.501. The van der Waals surface area contributed by atoms with Crippen LogP contribution in [0.3, 0.4) is 0 Å². The van der Waals surface area contributed by atoms with Crippen LogP contribution in [0.1, 0.15) is 0 Å². The van der Waals surface area contributed by atoms with Crippen molar-refractivity contribution in [2.45, 2.75) is 0 Å². The van der Waals surface area contributed by atoms with E-state index in [1.807, 2.05) is 0 Å². The van der Waals surface area contributed by atoms with Gasteiger partial charge in [0.15, 0.2) is 0 Å². The molecule has 0 amide bonds. The molecular weight excluding hydrogens is 204 g/mol. The number of esters is 1. The van der Waals surface area contributed by atoms with Crippen LogP contribution in [-0.2, 0) is 19.9 Å². The maximum atomic E-state index is 10.1. The van der Waals surface area contributed by atoms with Crippen LogP contribution < -0.4 is 0 Å². The van der Waals surface area contributed by atoms with Crippen LogP contribution in [0.25, 0.3) is 0 Å². The maximum absolute atomic E-state index is 10.1. The van der Waals surface area contributed by atoms with Crippen molar-refractivity contribution in [3.05, 3.63) is 12.7 Å². The predicted octanol–water partition coefficient (Wildman–Crippen LogP) is -1.63. The van der Waals surface area contributed by atoms with Crippen LogP contribution in [0, 0.1) is 0 Å². The molecule has 0 unspecified atom stereocenters. The number of carbonyl (C=O) groups is 1. The molecule has 8 heteroatoms. The average molecular weight is 212 g/mol. The Balaban J connectivity index is 0. The molecule has 0 aromatic heterocycles. The zero-order chi connectivity index (χ0) is 10.9. The Labute approximate surface area is 75.2 Å². The van der Waals surface area contributed by atoms with Gasteiger partial charge >= 0.3 is 5.97 Å². The third-order valence-corrected chi connectivity index (χ3v) is 0.502. The summed E-state index contributed by atoms with van der Waals surface area (Å²) < 4.78 is 38.4. The van der Waals surface area contributed by atoms with Crippen molar-refractivity contribution in [2.75, 3.05) is 13.2 Å². The van der Waals surface area contributed by atoms with E-state index < -0.39 is 16.4 Å². The van der Waals surface area contributed by atoms with Gasteiger partial charge < -0.3 is 18.9 Å². The summed E-state index contributed by atoms with van der Waals surface area (Å²) in [4.78, 5) is 10.1. The third kappa shape index (κ3) is 35.5. The molecule has 0 heterocycles. The maximum Gasteiger partial charge on any atom is 0.330 e. The predicted molar refractivity (Wildman–Crippen MR) is 38.7 cm³/mol. The highest BCUT2D eigenvalue weighted by atomic mass is 32.3. The van der Waals surface area contributed by atoms with Gasteiger partial charge in [0.2, 0.25) is 0 Å². The van der Waals surface area contributed by atoms with E-state index >= 15 is 0 Å². The molecule has 0 bridgehead atoms. The van der Waals surface area contributed by atoms with Crippen molar-refractivity contribution in [1.82, 2.24) is 0 Å². The summed E-state index contributed by atoms with van der Waals surface area (Å²) in [6.45, 7) is 3.06. The van der Waals surface area contributed by atoms with Crippen molar-refractivity contribution >= 4 is 16.4 Å². The molecule has 0 rings (SSSR count). The van der Waals surface area contributed by atoms with Crippen LogP contribution in [0.4, 0.5) is 0 Å². The number of rotatable bonds is 3. The zero-order valence-corrected chi connectivity index (χ0v) is 7.32. The first-order valence-electron chi connectivity index (χ1n) is 2.88. The van der Waals surface area contributed by atoms with Crippen molar-refractivity contribution in [3.8, 4) is 0 Å². The molecule has 0 spiro atoms. The normalized spacial score (nSPS) is 9.46. The van der Waals surface area contributed by atoms with Crippen molar-refractivity contribution in [2.24, 2.45) is 0 Å². The first-order valence-corrected chi connectivity index (χ1v) is 4.21. The van der Waals surface area contributed by atoms with E-state index in [2.05, 4.69) is 11.3 Å². The summed E-state index contributed by atoms with van der Waals surface area (Å²) in [7, 11) is -5.17. The summed E-state index contributed by atoms with van der Waals surface area (Å²) in [5, 5.41) is 8.10. The number of hydrogen-bond donors (Lipinski definition) is 1. The lowest BCUT2D eigenvalue weighted by Gasteiger charge is -2.06. The number of aliphatic hydroxyl groups is 1. The molecule has 0 saturated carbocycles. The molecule has 0 fully saturated rings. The van der Waals surface area contributed by atoms with Gasteiger partial charge in [-0.1, -0.05) is 6.58 Å². The molecule has 1 N–H and O–H groups in total. The number of hydrogen-bond acceptors (Lipinski definition) is 7. The van der Waals surface area contributed by atoms with Crippen LogP contribution in [0.5, 0.6) is 0 Å². The molecule has 0 aliphatic carbocycles. The van der Waals surface area contributed by atoms with Gasteiger partial charge in [0, 0.05) is 16.5 Å². The Bertz CT molecular complexity index is 234. The average Bonchev–Trinajstić information content (AvgIpc) is 1.97. The quantitative estimate of drug-likeness (QED) is 0.257. The summed E-state index contributed by atoms with van der Waals surface area (Å²) in [6.07, 6.45) is 1.05. The third-order valence-electron chi connectivity index (χ3n) is 0.502. The van der Waals surface area contributed by atoms with E-state index in [0.717, 1.165) is 6.08 Å². The molecule has 0 aromatic carbocycles. The fourth-order valence-corrected chi connectivity index (χ4v) is 0.205. The molecule has 0 aliphatic rings. The molecule has 13 heavy (non-hydrogen) atoms. The van der Waals surface area contributed by atoms with E-state index in [1.165, 1.54) is 0 Å². The fraction of sp³-hybridized carbons (Fsp3) is 0.400. The minimum atomic E-state index is -5.17. The van der Waals surface area contributed by atoms with Gasteiger partial charge in [-0.25, -0.2) is 4.79 Å². The highest BCUT2D eigenvalue weighted by molar-refractivity contribution is 7.79. The molecule has 0 aromatic rings. The van der Waals surface area contributed by atoms with Gasteiger partial charge in [-0.15, -0.1) is 0 Å². The zero-order valence-electron chi connectivity index (χ0n) is 6.50. The van der Waals surface area contributed by atoms with Crippen LogP contribution in [-0.4, -0.2) is 41.8 Å². The van der Waals surface area contributed by atoms with Crippen LogP contribution >= 0.6 is 0 Å². The van der Waals surface area contributed by atoms with E-state index in [0.29, 0.717) is 0 Å². The lowest BCUT2D eigenvalue weighted by Crippen LogP contribution is -2.04. The topological polar surface area (TPSA) is 127 Å². The number of aliphatic hydroxyl groups excluding tert-OH is 1. The van der Waals surface area contributed by atoms with Crippen LogP contribution in [0.15, 0.2) is 12.7 Å². The molecule has 78 valence electrons. The Kier molecular flexibility index (Phi) is 8.60. The molecule has 0 atom stereocenters. The Morgan fingerprint density at radius 2 is 1.92 bits per heavy atom. The van der Waals surface area contributed by atoms with Crippen molar-refractivity contribution in [3.63, 3.8) is 0 Å². The van der Waals surface area contributed by atoms with Crippen molar-refractivity contribution in [1.29, 1.82) is 0 Å². The second-order valence-electron chi connectivity index (χ2n) is 1.50. The number of carbonyl (C=O) groups excluding carboxylic acids is 1. The van der Waals surface area contributed by atoms with Gasteiger partial charge in [-0.3, -0.25) is 8.42 Å². The lowest BCUT2D eigenvalue weighted by molar-refractivity contribution is -0.138. The van der Waals surface area contributed by atoms with Crippen LogP contribution in [0.2, 0.25) is 0 Å². The van der Waals surface area contributed by atoms with E-state index in [4.69, 9.17) is 22.6 Å². The molecule has 7 nitrogen and oxygen atoms in total. The van der Waals surface area contributed by atoms with E-state index in [1.54, 1.807) is 0 Å². The summed E-state index contributed by atoms with van der Waals surface area (Å²) >= 11 is 0. The molecule has 0 aliphatic heterocycles. The highest BCUT2D eigenvalue weighted by Crippen LogP contribution is 1.75. The first-order chi connectivity index (χ1) is 5.81. The molecule has 0 saturated heterocycles. The summed E-state index contributed by atoms with van der Waals surface area (Å²) in [5.41, 5.74) is 0. The van der Waals surface area contributed by atoms with Crippen molar-refractivity contribution < 1.29 is 32.2 Å². The van der Waals surface area contributed by atoms with Gasteiger partial charge in [-0.2, -0.15) is 0 Å². The highest BCUT2D eigenvalue weighted by Gasteiger charge is 1.90. The minimum absolute atomic E-state index is 0.0465. The van der Waals surface area contributed by atoms with E-state index in [-0.39, 0.29) is 13.2 Å². The van der Waals surface area contributed by atoms with E-state index in [9.17, 15) is 4.79 Å². The second kappa shape index (κ2) is 7.68. The monoisotopic (exact) mass is 212 g/mol. The minimum Gasteiger partial charge on any atom is -0.759 e. The van der Waals surface area contributed by atoms with Gasteiger partial charge in [0.25, 0.3) is 0 Å². The summed E-state index contributed by atoms with van der Waals surface area (Å²) in [6, 6.07) is 0.